The summed E-state index contributed by atoms with van der Waals surface area (Å²) in [5, 5.41) is 10.3. The minimum absolute atomic E-state index is 0.0227. The van der Waals surface area contributed by atoms with Gasteiger partial charge in [0.25, 0.3) is 0 Å². The molecule has 0 saturated carbocycles. The number of hydrogen-bond acceptors (Lipinski definition) is 4. The van der Waals surface area contributed by atoms with Crippen LogP contribution in [0.4, 0.5) is 0 Å². The Hall–Kier alpha value is -1.59. The molecule has 2 N–H and O–H groups in total. The predicted octanol–water partition coefficient (Wildman–Crippen LogP) is 1.72. The lowest BCUT2D eigenvalue weighted by molar-refractivity contribution is -0.908. The quantitative estimate of drug-likeness (QED) is 0.690. The third-order valence-electron chi connectivity index (χ3n) is 5.14. The predicted molar refractivity (Wildman–Crippen MR) is 102 cm³/mol. The first kappa shape index (κ1) is 20.7. The van der Waals surface area contributed by atoms with Gasteiger partial charge in [0.05, 0.1) is 25.6 Å². The summed E-state index contributed by atoms with van der Waals surface area (Å²) in [6, 6.07) is 6.12. The molecular weight excluding hydrogens is 330 g/mol. The van der Waals surface area contributed by atoms with Crippen molar-refractivity contribution in [2.45, 2.75) is 52.6 Å². The first-order chi connectivity index (χ1) is 12.4. The van der Waals surface area contributed by atoms with Crippen molar-refractivity contribution in [1.82, 2.24) is 0 Å². The van der Waals surface area contributed by atoms with Crippen LogP contribution in [0.25, 0.3) is 0 Å². The number of hydrogen-bond donors (Lipinski definition) is 2. The van der Waals surface area contributed by atoms with Crippen molar-refractivity contribution in [2.24, 2.45) is 5.92 Å². The Labute approximate surface area is 157 Å². The van der Waals surface area contributed by atoms with E-state index in [4.69, 9.17) is 9.47 Å². The van der Waals surface area contributed by atoms with Gasteiger partial charge in [-0.05, 0) is 43.0 Å². The van der Waals surface area contributed by atoms with E-state index in [2.05, 4.69) is 26.8 Å². The number of quaternary nitrogens is 1. The molecule has 1 atom stereocenters. The maximum atomic E-state index is 11.8. The first-order valence-electron chi connectivity index (χ1n) is 9.82. The van der Waals surface area contributed by atoms with Crippen molar-refractivity contribution in [3.05, 3.63) is 29.3 Å². The molecule has 0 unspecified atom stereocenters. The van der Waals surface area contributed by atoms with Gasteiger partial charge in [0.15, 0.2) is 0 Å². The van der Waals surface area contributed by atoms with Gasteiger partial charge in [-0.1, -0.05) is 19.9 Å². The second kappa shape index (κ2) is 9.93. The third-order valence-corrected chi connectivity index (χ3v) is 5.14. The van der Waals surface area contributed by atoms with E-state index in [1.54, 1.807) is 0 Å². The number of aliphatic hydroxyl groups is 1. The summed E-state index contributed by atoms with van der Waals surface area (Å²) in [4.78, 5) is 13.1. The zero-order valence-electron chi connectivity index (χ0n) is 16.6. The van der Waals surface area contributed by atoms with Gasteiger partial charge in [0.1, 0.15) is 25.0 Å². The standard InChI is InChI=1S/C21H33NO4/c1-5-25-21(24)17-8-10-22(11-9-17)13-18(23)14-26-19-6-7-20(15(2)3)16(4)12-19/h6-7,12,15,17-18,23H,5,8-11,13-14H2,1-4H3/p+1/t18-/m1/s1. The molecular formula is C21H34NO4+. The lowest BCUT2D eigenvalue weighted by Gasteiger charge is -2.29. The zero-order valence-corrected chi connectivity index (χ0v) is 16.6. The zero-order chi connectivity index (χ0) is 19.1. The number of carbonyl (C=O) groups is 1. The van der Waals surface area contributed by atoms with E-state index >= 15 is 0 Å². The molecule has 26 heavy (non-hydrogen) atoms. The second-order valence-electron chi connectivity index (χ2n) is 7.62. The summed E-state index contributed by atoms with van der Waals surface area (Å²) in [5.74, 6) is 1.25. The van der Waals surface area contributed by atoms with Crippen LogP contribution in [0.5, 0.6) is 5.75 Å². The Morgan fingerprint density at radius 2 is 2.00 bits per heavy atom. The Bertz CT molecular complexity index is 579. The van der Waals surface area contributed by atoms with Crippen molar-refractivity contribution in [3.8, 4) is 5.75 Å². The highest BCUT2D eigenvalue weighted by Crippen LogP contribution is 2.23. The number of piperidine rings is 1. The molecule has 0 spiro atoms. The molecule has 1 saturated heterocycles. The average molecular weight is 365 g/mol. The summed E-state index contributed by atoms with van der Waals surface area (Å²) in [6.45, 7) is 11.5. The number of esters is 1. The van der Waals surface area contributed by atoms with Crippen LogP contribution in [-0.2, 0) is 9.53 Å². The van der Waals surface area contributed by atoms with Crippen LogP contribution in [0, 0.1) is 12.8 Å². The molecule has 5 nitrogen and oxygen atoms in total. The summed E-state index contributed by atoms with van der Waals surface area (Å²) in [6.07, 6.45) is 1.16. The van der Waals surface area contributed by atoms with E-state index < -0.39 is 6.10 Å². The first-order valence-corrected chi connectivity index (χ1v) is 9.82. The number of nitrogens with one attached hydrogen (secondary N) is 1. The van der Waals surface area contributed by atoms with E-state index in [1.807, 2.05) is 19.1 Å². The molecule has 1 aromatic carbocycles. The fourth-order valence-electron chi connectivity index (χ4n) is 3.70. The van der Waals surface area contributed by atoms with E-state index in [-0.39, 0.29) is 11.9 Å². The van der Waals surface area contributed by atoms with Gasteiger partial charge in [0.2, 0.25) is 0 Å². The van der Waals surface area contributed by atoms with Crippen LogP contribution in [0.3, 0.4) is 0 Å². The SMILES string of the molecule is CCOC(=O)C1CC[NH+](C[C@@H](O)COc2ccc(C(C)C)c(C)c2)CC1. The van der Waals surface area contributed by atoms with Gasteiger partial charge in [-0.25, -0.2) is 0 Å². The molecule has 0 bridgehead atoms. The van der Waals surface area contributed by atoms with Gasteiger partial charge >= 0.3 is 5.97 Å². The molecule has 1 heterocycles. The molecule has 1 fully saturated rings. The van der Waals surface area contributed by atoms with Crippen molar-refractivity contribution >= 4 is 5.97 Å². The van der Waals surface area contributed by atoms with Crippen molar-refractivity contribution in [3.63, 3.8) is 0 Å². The number of aliphatic hydroxyl groups excluding tert-OH is 1. The monoisotopic (exact) mass is 364 g/mol. The Kier molecular flexibility index (Phi) is 7.91. The number of benzene rings is 1. The highest BCUT2D eigenvalue weighted by Gasteiger charge is 2.29. The minimum Gasteiger partial charge on any atom is -0.491 e. The molecule has 2 rings (SSSR count). The Balaban J connectivity index is 1.73. The maximum absolute atomic E-state index is 11.8. The number of likely N-dealkylation sites (tertiary alicyclic amines) is 1. The third kappa shape index (κ3) is 5.99. The van der Waals surface area contributed by atoms with Crippen molar-refractivity contribution in [2.75, 3.05) is 32.8 Å². The summed E-state index contributed by atoms with van der Waals surface area (Å²) >= 11 is 0. The van der Waals surface area contributed by atoms with E-state index in [1.165, 1.54) is 16.0 Å². The molecule has 1 aliphatic rings. The normalized spacial score (nSPS) is 21.5. The molecule has 146 valence electrons. The van der Waals surface area contributed by atoms with E-state index in [9.17, 15) is 9.90 Å². The number of ether oxygens (including phenoxy) is 2. The lowest BCUT2D eigenvalue weighted by atomic mass is 9.97. The smallest absolute Gasteiger partial charge is 0.309 e. The van der Waals surface area contributed by atoms with E-state index in [0.717, 1.165) is 31.7 Å². The van der Waals surface area contributed by atoms with Crippen LogP contribution in [0.2, 0.25) is 0 Å². The average Bonchev–Trinajstić information content (AvgIpc) is 2.60. The Morgan fingerprint density at radius 3 is 2.58 bits per heavy atom. The van der Waals surface area contributed by atoms with E-state index in [0.29, 0.717) is 25.7 Å². The molecule has 5 heteroatoms. The van der Waals surface area contributed by atoms with Gasteiger partial charge in [0, 0.05) is 12.8 Å². The van der Waals surface area contributed by atoms with Crippen LogP contribution in [-0.4, -0.2) is 50.0 Å². The molecule has 0 aliphatic carbocycles. The van der Waals surface area contributed by atoms with Gasteiger partial charge < -0.3 is 19.5 Å². The fourth-order valence-corrected chi connectivity index (χ4v) is 3.70. The summed E-state index contributed by atoms with van der Waals surface area (Å²) in [5.41, 5.74) is 2.55. The summed E-state index contributed by atoms with van der Waals surface area (Å²) < 4.78 is 10.9. The highest BCUT2D eigenvalue weighted by atomic mass is 16.5. The molecule has 1 aliphatic heterocycles. The topological polar surface area (TPSA) is 60.2 Å². The van der Waals surface area contributed by atoms with Crippen LogP contribution >= 0.6 is 0 Å². The number of aryl methyl sites for hydroxylation is 1. The molecule has 0 radical (unpaired) electrons. The van der Waals surface area contributed by atoms with Crippen molar-refractivity contribution in [1.29, 1.82) is 0 Å². The molecule has 0 amide bonds. The number of carbonyl (C=O) groups excluding carboxylic acids is 1. The molecule has 0 aromatic heterocycles. The second-order valence-corrected chi connectivity index (χ2v) is 7.62. The van der Waals surface area contributed by atoms with Crippen LogP contribution < -0.4 is 9.64 Å². The highest BCUT2D eigenvalue weighted by molar-refractivity contribution is 5.72. The van der Waals surface area contributed by atoms with Gasteiger partial charge in [-0.2, -0.15) is 0 Å². The van der Waals surface area contributed by atoms with Gasteiger partial charge in [-0.3, -0.25) is 4.79 Å². The maximum Gasteiger partial charge on any atom is 0.309 e. The minimum atomic E-state index is -0.505. The lowest BCUT2D eigenvalue weighted by Crippen LogP contribution is -3.14. The van der Waals surface area contributed by atoms with Crippen molar-refractivity contribution < 1.29 is 24.3 Å². The number of rotatable bonds is 8. The fraction of sp³-hybridized carbons (Fsp3) is 0.667. The van der Waals surface area contributed by atoms with Crippen LogP contribution in [0.15, 0.2) is 18.2 Å². The largest absolute Gasteiger partial charge is 0.491 e. The Morgan fingerprint density at radius 1 is 1.31 bits per heavy atom. The van der Waals surface area contributed by atoms with Crippen LogP contribution in [0.1, 0.15) is 50.7 Å². The van der Waals surface area contributed by atoms with Gasteiger partial charge in [-0.15, -0.1) is 0 Å². The molecule has 1 aromatic rings. The summed E-state index contributed by atoms with van der Waals surface area (Å²) in [7, 11) is 0.